The lowest BCUT2D eigenvalue weighted by Gasteiger charge is -2.13. The predicted molar refractivity (Wildman–Crippen MR) is 76.2 cm³/mol. The van der Waals surface area contributed by atoms with Crippen LogP contribution < -0.4 is 9.46 Å². The highest BCUT2D eigenvalue weighted by atomic mass is 32.2. The summed E-state index contributed by atoms with van der Waals surface area (Å²) in [4.78, 5) is 0. The van der Waals surface area contributed by atoms with Crippen molar-refractivity contribution in [1.29, 1.82) is 5.26 Å². The van der Waals surface area contributed by atoms with Crippen molar-refractivity contribution in [3.05, 3.63) is 23.8 Å². The van der Waals surface area contributed by atoms with Gasteiger partial charge in [0.25, 0.3) is 0 Å². The van der Waals surface area contributed by atoms with Gasteiger partial charge >= 0.3 is 0 Å². The van der Waals surface area contributed by atoms with Gasteiger partial charge in [-0.25, -0.2) is 8.42 Å². The van der Waals surface area contributed by atoms with Crippen molar-refractivity contribution in [2.24, 2.45) is 0 Å². The molecule has 0 unspecified atom stereocenters. The molecule has 0 heterocycles. The number of benzene rings is 1. The number of anilines is 1. The lowest BCUT2D eigenvalue weighted by molar-refractivity contribution is 0.0913. The van der Waals surface area contributed by atoms with Gasteiger partial charge in [-0.1, -0.05) is 0 Å². The van der Waals surface area contributed by atoms with Crippen LogP contribution in [0.25, 0.3) is 0 Å². The fourth-order valence-corrected chi connectivity index (χ4v) is 2.38. The van der Waals surface area contributed by atoms with Gasteiger partial charge in [-0.15, -0.1) is 0 Å². The minimum absolute atomic E-state index is 0.0188. The molecule has 0 saturated heterocycles. The Hall–Kier alpha value is -1.78. The lowest BCUT2D eigenvalue weighted by Crippen LogP contribution is -2.21. The fourth-order valence-electron chi connectivity index (χ4n) is 1.46. The molecule has 1 rings (SSSR count). The Morgan fingerprint density at radius 2 is 2.10 bits per heavy atom. The summed E-state index contributed by atoms with van der Waals surface area (Å²) < 4.78 is 36.5. The monoisotopic (exact) mass is 298 g/mol. The lowest BCUT2D eigenvalue weighted by atomic mass is 10.2. The van der Waals surface area contributed by atoms with Crippen LogP contribution in [0.2, 0.25) is 0 Å². The van der Waals surface area contributed by atoms with Crippen LogP contribution in [0, 0.1) is 11.3 Å². The third-order valence-corrected chi connectivity index (χ3v) is 3.63. The first-order chi connectivity index (χ1) is 9.38. The summed E-state index contributed by atoms with van der Waals surface area (Å²) in [6, 6.07) is 6.45. The molecule has 0 aliphatic rings. The number of nitrogens with zero attached hydrogens (tertiary/aromatic N) is 1. The molecule has 0 aliphatic heterocycles. The van der Waals surface area contributed by atoms with Gasteiger partial charge in [0.2, 0.25) is 10.0 Å². The highest BCUT2D eigenvalue weighted by Gasteiger charge is 2.14. The zero-order valence-corrected chi connectivity index (χ0v) is 12.5. The Kier molecular flexibility index (Phi) is 5.80. The summed E-state index contributed by atoms with van der Waals surface area (Å²) in [7, 11) is -2.11. The molecule has 0 atom stereocenters. The Morgan fingerprint density at radius 3 is 2.65 bits per heavy atom. The number of ether oxygens (including phenoxy) is 2. The van der Waals surface area contributed by atoms with Gasteiger partial charge in [0, 0.05) is 6.07 Å². The van der Waals surface area contributed by atoms with Crippen LogP contribution in [0.15, 0.2) is 18.2 Å². The van der Waals surface area contributed by atoms with E-state index in [0.29, 0.717) is 17.0 Å². The second kappa shape index (κ2) is 7.12. The van der Waals surface area contributed by atoms with E-state index in [1.807, 2.05) is 19.9 Å². The molecule has 0 spiro atoms. The van der Waals surface area contributed by atoms with Crippen LogP contribution in [0.3, 0.4) is 0 Å². The van der Waals surface area contributed by atoms with E-state index in [1.165, 1.54) is 25.3 Å². The summed E-state index contributed by atoms with van der Waals surface area (Å²) in [5, 5.41) is 8.79. The standard InChI is InChI=1S/C13H18N2O4S/c1-10(2)19-6-7-20(16,17)15-12-5-4-11(9-14)8-13(12)18-3/h4-5,8,10,15H,6-7H2,1-3H3. The third kappa shape index (κ3) is 5.07. The maximum absolute atomic E-state index is 11.9. The number of sulfonamides is 1. The number of nitrogens with one attached hydrogen (secondary N) is 1. The minimum atomic E-state index is -3.52. The van der Waals surface area contributed by atoms with Crippen LogP contribution in [0.4, 0.5) is 5.69 Å². The van der Waals surface area contributed by atoms with Gasteiger partial charge in [-0.05, 0) is 26.0 Å². The van der Waals surface area contributed by atoms with Crippen molar-refractivity contribution in [2.75, 3.05) is 24.2 Å². The van der Waals surface area contributed by atoms with Gasteiger partial charge in [-0.3, -0.25) is 4.72 Å². The maximum atomic E-state index is 11.9. The minimum Gasteiger partial charge on any atom is -0.495 e. The average Bonchev–Trinajstić information content (AvgIpc) is 2.38. The Bertz CT molecular complexity index is 591. The number of methoxy groups -OCH3 is 1. The van der Waals surface area contributed by atoms with E-state index >= 15 is 0 Å². The molecule has 0 aliphatic carbocycles. The first kappa shape index (κ1) is 16.3. The van der Waals surface area contributed by atoms with Crippen molar-refractivity contribution >= 4 is 15.7 Å². The number of hydrogen-bond acceptors (Lipinski definition) is 5. The third-order valence-electron chi connectivity index (χ3n) is 2.40. The van der Waals surface area contributed by atoms with Crippen molar-refractivity contribution < 1.29 is 17.9 Å². The summed E-state index contributed by atoms with van der Waals surface area (Å²) in [6.07, 6.45) is -0.0188. The average molecular weight is 298 g/mol. The van der Waals surface area contributed by atoms with E-state index in [1.54, 1.807) is 0 Å². The quantitative estimate of drug-likeness (QED) is 0.828. The Labute approximate surface area is 119 Å². The molecule has 0 amide bonds. The van der Waals surface area contributed by atoms with Crippen LogP contribution in [0.1, 0.15) is 19.4 Å². The summed E-state index contributed by atoms with van der Waals surface area (Å²) in [5.41, 5.74) is 0.698. The normalized spacial score (nSPS) is 11.2. The zero-order valence-electron chi connectivity index (χ0n) is 11.7. The predicted octanol–water partition coefficient (Wildman–Crippen LogP) is 1.73. The van der Waals surface area contributed by atoms with Gasteiger partial charge < -0.3 is 9.47 Å². The summed E-state index contributed by atoms with van der Waals surface area (Å²) in [6.45, 7) is 3.79. The molecule has 6 nitrogen and oxygen atoms in total. The van der Waals surface area contributed by atoms with Crippen LogP contribution in [0.5, 0.6) is 5.75 Å². The molecule has 7 heteroatoms. The van der Waals surface area contributed by atoms with Crippen LogP contribution in [-0.4, -0.2) is 34.0 Å². The SMILES string of the molecule is COc1cc(C#N)ccc1NS(=O)(=O)CCOC(C)C. The maximum Gasteiger partial charge on any atom is 0.235 e. The summed E-state index contributed by atoms with van der Waals surface area (Å²) in [5.74, 6) is 0.159. The number of rotatable bonds is 7. The van der Waals surface area contributed by atoms with E-state index in [9.17, 15) is 8.42 Å². The highest BCUT2D eigenvalue weighted by molar-refractivity contribution is 7.92. The van der Waals surface area contributed by atoms with E-state index in [4.69, 9.17) is 14.7 Å². The largest absolute Gasteiger partial charge is 0.495 e. The van der Waals surface area contributed by atoms with E-state index in [0.717, 1.165) is 0 Å². The first-order valence-corrected chi connectivity index (χ1v) is 7.73. The molecule has 0 fully saturated rings. The molecule has 0 saturated carbocycles. The van der Waals surface area contributed by atoms with Crippen molar-refractivity contribution in [3.8, 4) is 11.8 Å². The molecule has 110 valence electrons. The Balaban J connectivity index is 2.79. The van der Waals surface area contributed by atoms with Gasteiger partial charge in [0.15, 0.2) is 0 Å². The van der Waals surface area contributed by atoms with E-state index in [2.05, 4.69) is 4.72 Å². The molecular weight excluding hydrogens is 280 g/mol. The Morgan fingerprint density at radius 1 is 1.40 bits per heavy atom. The molecule has 20 heavy (non-hydrogen) atoms. The van der Waals surface area contributed by atoms with Gasteiger partial charge in [0.1, 0.15) is 5.75 Å². The second-order valence-corrected chi connectivity index (χ2v) is 6.21. The highest BCUT2D eigenvalue weighted by Crippen LogP contribution is 2.26. The molecule has 1 N–H and O–H groups in total. The van der Waals surface area contributed by atoms with Gasteiger partial charge in [0.05, 0.1) is 42.9 Å². The van der Waals surface area contributed by atoms with E-state index in [-0.39, 0.29) is 18.5 Å². The van der Waals surface area contributed by atoms with Crippen molar-refractivity contribution in [3.63, 3.8) is 0 Å². The molecule has 1 aromatic rings. The number of nitriles is 1. The number of hydrogen-bond donors (Lipinski definition) is 1. The summed E-state index contributed by atoms with van der Waals surface area (Å²) >= 11 is 0. The smallest absolute Gasteiger partial charge is 0.235 e. The second-order valence-electron chi connectivity index (χ2n) is 4.37. The van der Waals surface area contributed by atoms with Crippen LogP contribution in [-0.2, 0) is 14.8 Å². The molecular formula is C13H18N2O4S. The van der Waals surface area contributed by atoms with Crippen molar-refractivity contribution in [1.82, 2.24) is 0 Å². The van der Waals surface area contributed by atoms with E-state index < -0.39 is 10.0 Å². The molecule has 1 aromatic carbocycles. The topological polar surface area (TPSA) is 88.4 Å². The van der Waals surface area contributed by atoms with Crippen molar-refractivity contribution in [2.45, 2.75) is 20.0 Å². The molecule has 0 aromatic heterocycles. The van der Waals surface area contributed by atoms with Crippen LogP contribution >= 0.6 is 0 Å². The fraction of sp³-hybridized carbons (Fsp3) is 0.462. The zero-order chi connectivity index (χ0) is 15.2. The molecule has 0 radical (unpaired) electrons. The van der Waals surface area contributed by atoms with Gasteiger partial charge in [-0.2, -0.15) is 5.26 Å². The molecule has 0 bridgehead atoms. The first-order valence-electron chi connectivity index (χ1n) is 6.08.